The maximum atomic E-state index is 5.39. The van der Waals surface area contributed by atoms with Crippen LogP contribution in [0.4, 0.5) is 5.69 Å². The highest BCUT2D eigenvalue weighted by molar-refractivity contribution is 5.94. The zero-order chi connectivity index (χ0) is 37.9. The number of hydrogen-bond donors (Lipinski definition) is 0. The number of hydrogen-bond acceptors (Lipinski definition) is 3. The average molecular weight is 737 g/mol. The van der Waals surface area contributed by atoms with Crippen molar-refractivity contribution in [1.29, 1.82) is 0 Å². The van der Waals surface area contributed by atoms with Crippen LogP contribution < -0.4 is 4.90 Å². The van der Waals surface area contributed by atoms with Crippen molar-refractivity contribution in [3.63, 3.8) is 0 Å². The third-order valence-electron chi connectivity index (χ3n) is 13.0. The topological polar surface area (TPSA) is 34.0 Å². The molecule has 0 spiro atoms. The van der Waals surface area contributed by atoms with E-state index in [9.17, 15) is 0 Å². The fourth-order valence-electron chi connectivity index (χ4n) is 10.2. The molecule has 0 radical (unpaired) electrons. The lowest BCUT2D eigenvalue weighted by Crippen LogP contribution is -2.40. The summed E-state index contributed by atoms with van der Waals surface area (Å²) >= 11 is 0. The number of nitrogens with zero attached hydrogens (tertiary/aromatic N) is 4. The second kappa shape index (κ2) is 13.6. The Hall–Kier alpha value is -6.52. The smallest absolute Gasteiger partial charge is 0.160 e. The van der Waals surface area contributed by atoms with Gasteiger partial charge in [0.25, 0.3) is 0 Å². The van der Waals surface area contributed by atoms with E-state index in [0.717, 1.165) is 53.2 Å². The first-order chi connectivity index (χ1) is 28.1. The zero-order valence-corrected chi connectivity index (χ0v) is 32.2. The van der Waals surface area contributed by atoms with Crippen molar-refractivity contribution in [2.24, 2.45) is 11.3 Å². The summed E-state index contributed by atoms with van der Waals surface area (Å²) in [4.78, 5) is 13.3. The number of fused-ring (bicyclic) bond motifs is 6. The molecule has 4 atom stereocenters. The number of rotatable bonds is 6. The molecule has 3 heterocycles. The van der Waals surface area contributed by atoms with Gasteiger partial charge in [0.15, 0.2) is 5.82 Å². The lowest BCUT2D eigenvalue weighted by Gasteiger charge is -2.38. The Kier molecular flexibility index (Phi) is 8.06. The molecule has 0 saturated carbocycles. The SMILES string of the molecule is CC12CCC=CC1N(c1cc(-c3cc(-c4ccc(-c5ccccc5)cc4)nc(-c4ccccc4)n3)cc(-n3c4c(c5ccccc53)C=CCC4)c1)C1C=CC=CC12. The molecule has 1 fully saturated rings. The van der Waals surface area contributed by atoms with E-state index in [1.807, 2.05) is 0 Å². The molecule has 4 nitrogen and oxygen atoms in total. The van der Waals surface area contributed by atoms with Gasteiger partial charge in [-0.2, -0.15) is 0 Å². The van der Waals surface area contributed by atoms with Crippen molar-refractivity contribution in [1.82, 2.24) is 14.5 Å². The van der Waals surface area contributed by atoms with Gasteiger partial charge in [-0.25, -0.2) is 9.97 Å². The van der Waals surface area contributed by atoms with Gasteiger partial charge in [0, 0.05) is 56.0 Å². The second-order valence-corrected chi connectivity index (χ2v) is 16.3. The van der Waals surface area contributed by atoms with Crippen LogP contribution in [0.1, 0.15) is 37.4 Å². The van der Waals surface area contributed by atoms with Crippen molar-refractivity contribution in [3.8, 4) is 50.7 Å². The third kappa shape index (κ3) is 5.65. The largest absolute Gasteiger partial charge is 0.357 e. The molecule has 4 heteroatoms. The molecule has 5 aromatic carbocycles. The number of benzene rings is 5. The molecule has 4 unspecified atom stereocenters. The van der Waals surface area contributed by atoms with Crippen molar-refractivity contribution in [2.75, 3.05) is 4.90 Å². The Morgan fingerprint density at radius 2 is 1.28 bits per heavy atom. The van der Waals surface area contributed by atoms with E-state index in [2.05, 4.69) is 198 Å². The minimum absolute atomic E-state index is 0.134. The fraction of sp³-hybridized carbons (Fsp3) is 0.170. The standard InChI is InChI=1S/C53H44N4/c1-53-31-15-14-26-51(53)57(50-25-13-10-22-45(50)53)42-33-40(32-41(34-42)56-48-23-11-8-20-43(48)44-21-9-12-24-49(44)56)47-35-46(54-52(55-47)39-18-6-3-7-19-39)38-29-27-37(28-30-38)36-16-4-2-5-17-36/h2-11,13-14,16-23,25-30,32-35,45,50-51H,12,15,24,31H2,1H3. The summed E-state index contributed by atoms with van der Waals surface area (Å²) in [5.74, 6) is 1.16. The third-order valence-corrected chi connectivity index (χ3v) is 13.0. The van der Waals surface area contributed by atoms with Gasteiger partial charge < -0.3 is 9.47 Å². The fourth-order valence-corrected chi connectivity index (χ4v) is 10.2. The Bertz CT molecular complexity index is 2770. The summed E-state index contributed by atoms with van der Waals surface area (Å²) in [5, 5.41) is 1.30. The van der Waals surface area contributed by atoms with Gasteiger partial charge in [0.1, 0.15) is 0 Å². The van der Waals surface area contributed by atoms with Crippen LogP contribution in [0.3, 0.4) is 0 Å². The van der Waals surface area contributed by atoms with Gasteiger partial charge in [-0.1, -0.05) is 159 Å². The average Bonchev–Trinajstić information content (AvgIpc) is 3.76. The zero-order valence-electron chi connectivity index (χ0n) is 32.2. The van der Waals surface area contributed by atoms with Crippen molar-refractivity contribution >= 4 is 22.7 Å². The van der Waals surface area contributed by atoms with Crippen LogP contribution in [0.15, 0.2) is 176 Å². The van der Waals surface area contributed by atoms with Crippen LogP contribution in [0.2, 0.25) is 0 Å². The van der Waals surface area contributed by atoms with Gasteiger partial charge in [0.05, 0.1) is 29.0 Å². The number of allylic oxidation sites excluding steroid dienone is 4. The first kappa shape index (κ1) is 33.8. The summed E-state index contributed by atoms with van der Waals surface area (Å²) < 4.78 is 2.53. The summed E-state index contributed by atoms with van der Waals surface area (Å²) in [6.07, 6.45) is 23.3. The summed E-state index contributed by atoms with van der Waals surface area (Å²) in [6.45, 7) is 2.52. The van der Waals surface area contributed by atoms with E-state index in [4.69, 9.17) is 9.97 Å². The van der Waals surface area contributed by atoms with Crippen LogP contribution in [0.25, 0.3) is 67.7 Å². The summed E-state index contributed by atoms with van der Waals surface area (Å²) in [5.41, 5.74) is 13.8. The van der Waals surface area contributed by atoms with Crippen molar-refractivity contribution < 1.29 is 0 Å². The molecule has 3 aliphatic carbocycles. The first-order valence-corrected chi connectivity index (χ1v) is 20.5. The molecule has 11 rings (SSSR count). The van der Waals surface area contributed by atoms with Crippen LogP contribution in [-0.2, 0) is 6.42 Å². The van der Waals surface area contributed by atoms with Gasteiger partial charge >= 0.3 is 0 Å². The Balaban J connectivity index is 1.14. The Morgan fingerprint density at radius 3 is 2.11 bits per heavy atom. The molecule has 4 aliphatic rings. The monoisotopic (exact) mass is 736 g/mol. The molecule has 0 bridgehead atoms. The highest BCUT2D eigenvalue weighted by Crippen LogP contribution is 2.54. The highest BCUT2D eigenvalue weighted by Gasteiger charge is 2.54. The van der Waals surface area contributed by atoms with Crippen LogP contribution in [-0.4, -0.2) is 26.6 Å². The maximum absolute atomic E-state index is 5.39. The molecule has 57 heavy (non-hydrogen) atoms. The molecule has 7 aromatic rings. The quantitative estimate of drug-likeness (QED) is 0.159. The van der Waals surface area contributed by atoms with Gasteiger partial charge in [-0.15, -0.1) is 0 Å². The molecule has 0 N–H and O–H groups in total. The predicted molar refractivity (Wildman–Crippen MR) is 236 cm³/mol. The van der Waals surface area contributed by atoms with Gasteiger partial charge in [-0.3, -0.25) is 0 Å². The minimum Gasteiger partial charge on any atom is -0.357 e. The number of aromatic nitrogens is 3. The molecule has 1 aliphatic heterocycles. The van der Waals surface area contributed by atoms with Gasteiger partial charge in [-0.05, 0) is 67.1 Å². The summed E-state index contributed by atoms with van der Waals surface area (Å²) in [7, 11) is 0. The van der Waals surface area contributed by atoms with E-state index in [-0.39, 0.29) is 17.5 Å². The predicted octanol–water partition coefficient (Wildman–Crippen LogP) is 12.7. The van der Waals surface area contributed by atoms with Gasteiger partial charge in [0.2, 0.25) is 0 Å². The number of para-hydroxylation sites is 1. The molecule has 276 valence electrons. The van der Waals surface area contributed by atoms with Crippen LogP contribution in [0.5, 0.6) is 0 Å². The van der Waals surface area contributed by atoms with E-state index in [1.54, 1.807) is 0 Å². The molecular formula is C53H44N4. The molecule has 2 aromatic heterocycles. The molecule has 0 amide bonds. The highest BCUT2D eigenvalue weighted by atomic mass is 15.2. The molecule has 1 saturated heterocycles. The van der Waals surface area contributed by atoms with E-state index in [0.29, 0.717) is 5.92 Å². The van der Waals surface area contributed by atoms with E-state index in [1.165, 1.54) is 51.1 Å². The number of anilines is 1. The lowest BCUT2D eigenvalue weighted by atomic mass is 9.67. The Labute approximate surface area is 334 Å². The van der Waals surface area contributed by atoms with Crippen LogP contribution >= 0.6 is 0 Å². The first-order valence-electron chi connectivity index (χ1n) is 20.5. The normalized spacial score (nSPS) is 21.8. The van der Waals surface area contributed by atoms with E-state index >= 15 is 0 Å². The minimum atomic E-state index is 0.134. The van der Waals surface area contributed by atoms with E-state index < -0.39 is 0 Å². The molecular weight excluding hydrogens is 693 g/mol. The van der Waals surface area contributed by atoms with Crippen molar-refractivity contribution in [2.45, 2.75) is 44.7 Å². The Morgan fingerprint density at radius 1 is 0.596 bits per heavy atom. The maximum Gasteiger partial charge on any atom is 0.160 e. The lowest BCUT2D eigenvalue weighted by molar-refractivity contribution is 0.230. The van der Waals surface area contributed by atoms with Crippen LogP contribution in [0, 0.1) is 11.3 Å². The van der Waals surface area contributed by atoms with Crippen molar-refractivity contribution in [3.05, 3.63) is 187 Å². The summed E-state index contributed by atoms with van der Waals surface area (Å²) in [6, 6.07) is 48.6. The second-order valence-electron chi connectivity index (χ2n) is 16.3.